The molecular formula is C25H27FN4O. The average Bonchev–Trinajstić information content (AvgIpc) is 3.23. The molecular weight excluding hydrogens is 391 g/mol. The number of fused-ring (bicyclic) bond motifs is 1. The molecule has 1 amide bonds. The van der Waals surface area contributed by atoms with Crippen molar-refractivity contribution in [3.8, 4) is 0 Å². The lowest BCUT2D eigenvalue weighted by molar-refractivity contribution is 0.0741. The van der Waals surface area contributed by atoms with Crippen LogP contribution < -0.4 is 4.90 Å². The number of piperazine rings is 1. The van der Waals surface area contributed by atoms with Crippen LogP contribution in [0.4, 0.5) is 10.1 Å². The van der Waals surface area contributed by atoms with E-state index < -0.39 is 0 Å². The summed E-state index contributed by atoms with van der Waals surface area (Å²) in [4.78, 5) is 21.6. The van der Waals surface area contributed by atoms with E-state index in [2.05, 4.69) is 40.7 Å². The summed E-state index contributed by atoms with van der Waals surface area (Å²) in [5, 5.41) is 0. The summed E-state index contributed by atoms with van der Waals surface area (Å²) in [6.07, 6.45) is 3.86. The number of amides is 1. The maximum atomic E-state index is 14.1. The molecule has 3 heterocycles. The van der Waals surface area contributed by atoms with Gasteiger partial charge >= 0.3 is 0 Å². The van der Waals surface area contributed by atoms with Crippen LogP contribution in [0.1, 0.15) is 39.8 Å². The van der Waals surface area contributed by atoms with Gasteiger partial charge in [-0.3, -0.25) is 4.79 Å². The predicted molar refractivity (Wildman–Crippen MR) is 119 cm³/mol. The number of hydrogen-bond acceptors (Lipinski definition) is 3. The van der Waals surface area contributed by atoms with Gasteiger partial charge in [-0.15, -0.1) is 0 Å². The van der Waals surface area contributed by atoms with Crippen LogP contribution in [0.3, 0.4) is 0 Å². The van der Waals surface area contributed by atoms with Gasteiger partial charge in [-0.2, -0.15) is 0 Å². The molecule has 160 valence electrons. The molecule has 1 atom stereocenters. The predicted octanol–water partition coefficient (Wildman–Crippen LogP) is 4.02. The van der Waals surface area contributed by atoms with Crippen molar-refractivity contribution >= 4 is 11.6 Å². The van der Waals surface area contributed by atoms with Gasteiger partial charge in [-0.25, -0.2) is 9.37 Å². The Morgan fingerprint density at radius 2 is 1.77 bits per heavy atom. The van der Waals surface area contributed by atoms with E-state index in [-0.39, 0.29) is 11.7 Å². The number of rotatable bonds is 3. The van der Waals surface area contributed by atoms with Gasteiger partial charge in [0, 0.05) is 51.3 Å². The molecule has 2 aliphatic heterocycles. The molecule has 0 N–H and O–H groups in total. The van der Waals surface area contributed by atoms with Gasteiger partial charge in [0.25, 0.3) is 5.91 Å². The highest BCUT2D eigenvalue weighted by molar-refractivity contribution is 5.92. The SMILES string of the molecule is Cc1ccccc1C1CCc2nc(C(=O)N3CCN(c4ccccc4F)CC3)cn2C1. The molecule has 2 aliphatic rings. The number of carbonyl (C=O) groups is 1. The third-order valence-electron chi connectivity index (χ3n) is 6.60. The molecule has 31 heavy (non-hydrogen) atoms. The second kappa shape index (κ2) is 8.17. The largest absolute Gasteiger partial charge is 0.366 e. The van der Waals surface area contributed by atoms with Gasteiger partial charge in [0.1, 0.15) is 17.3 Å². The average molecular weight is 419 g/mol. The molecule has 1 aromatic heterocycles. The van der Waals surface area contributed by atoms with Crippen molar-refractivity contribution in [3.63, 3.8) is 0 Å². The minimum absolute atomic E-state index is 0.0254. The molecule has 0 bridgehead atoms. The van der Waals surface area contributed by atoms with E-state index in [9.17, 15) is 9.18 Å². The first kappa shape index (κ1) is 19.8. The number of carbonyl (C=O) groups excluding carboxylic acids is 1. The Kier molecular flexibility index (Phi) is 5.22. The number of benzene rings is 2. The summed E-state index contributed by atoms with van der Waals surface area (Å²) < 4.78 is 16.2. The van der Waals surface area contributed by atoms with Gasteiger partial charge < -0.3 is 14.4 Å². The molecule has 6 heteroatoms. The maximum absolute atomic E-state index is 14.1. The van der Waals surface area contributed by atoms with Crippen molar-refractivity contribution in [2.75, 3.05) is 31.1 Å². The summed E-state index contributed by atoms with van der Waals surface area (Å²) in [5.74, 6) is 1.21. The fraction of sp³-hybridized carbons (Fsp3) is 0.360. The molecule has 0 spiro atoms. The Bertz CT molecular complexity index is 1100. The number of imidazole rings is 1. The fourth-order valence-corrected chi connectivity index (χ4v) is 4.87. The first-order chi connectivity index (χ1) is 15.1. The van der Waals surface area contributed by atoms with Crippen LogP contribution in [0, 0.1) is 12.7 Å². The maximum Gasteiger partial charge on any atom is 0.274 e. The fourth-order valence-electron chi connectivity index (χ4n) is 4.87. The highest BCUT2D eigenvalue weighted by Crippen LogP contribution is 2.31. The second-order valence-corrected chi connectivity index (χ2v) is 8.52. The van der Waals surface area contributed by atoms with E-state index in [0.717, 1.165) is 25.2 Å². The smallest absolute Gasteiger partial charge is 0.274 e. The molecule has 2 aromatic carbocycles. The third kappa shape index (κ3) is 3.82. The van der Waals surface area contributed by atoms with Crippen LogP contribution in [-0.4, -0.2) is 46.5 Å². The van der Waals surface area contributed by atoms with Crippen LogP contribution >= 0.6 is 0 Å². The van der Waals surface area contributed by atoms with E-state index in [0.29, 0.717) is 43.5 Å². The lowest BCUT2D eigenvalue weighted by Gasteiger charge is -2.35. The molecule has 5 nitrogen and oxygen atoms in total. The van der Waals surface area contributed by atoms with E-state index >= 15 is 0 Å². The number of halogens is 1. The Hall–Kier alpha value is -3.15. The van der Waals surface area contributed by atoms with E-state index in [1.165, 1.54) is 17.2 Å². The molecule has 1 fully saturated rings. The van der Waals surface area contributed by atoms with Crippen LogP contribution in [0.25, 0.3) is 0 Å². The summed E-state index contributed by atoms with van der Waals surface area (Å²) in [6.45, 7) is 5.41. The first-order valence-corrected chi connectivity index (χ1v) is 11.0. The molecule has 3 aromatic rings. The van der Waals surface area contributed by atoms with Crippen molar-refractivity contribution in [2.24, 2.45) is 0 Å². The Morgan fingerprint density at radius 1 is 1.03 bits per heavy atom. The van der Waals surface area contributed by atoms with Crippen molar-refractivity contribution in [1.82, 2.24) is 14.5 Å². The molecule has 1 saturated heterocycles. The minimum Gasteiger partial charge on any atom is -0.366 e. The quantitative estimate of drug-likeness (QED) is 0.645. The van der Waals surface area contributed by atoms with E-state index in [4.69, 9.17) is 0 Å². The number of anilines is 1. The highest BCUT2D eigenvalue weighted by atomic mass is 19.1. The normalized spacial score (nSPS) is 18.7. The van der Waals surface area contributed by atoms with Crippen molar-refractivity contribution in [3.05, 3.63) is 83.2 Å². The second-order valence-electron chi connectivity index (χ2n) is 8.52. The first-order valence-electron chi connectivity index (χ1n) is 11.0. The molecule has 0 radical (unpaired) electrons. The minimum atomic E-state index is -0.216. The summed E-state index contributed by atoms with van der Waals surface area (Å²) in [6, 6.07) is 15.4. The van der Waals surface area contributed by atoms with Crippen molar-refractivity contribution < 1.29 is 9.18 Å². The summed E-state index contributed by atoms with van der Waals surface area (Å²) in [7, 11) is 0. The topological polar surface area (TPSA) is 41.4 Å². The standard InChI is InChI=1S/C25H27FN4O/c1-18-6-2-3-7-20(18)19-10-11-24-27-22(17-30(24)16-19)25(31)29-14-12-28(13-15-29)23-9-5-4-8-21(23)26/h2-9,17,19H,10-16H2,1H3. The summed E-state index contributed by atoms with van der Waals surface area (Å²) in [5.41, 5.74) is 3.84. The zero-order valence-corrected chi connectivity index (χ0v) is 17.8. The van der Waals surface area contributed by atoms with Gasteiger partial charge in [-0.05, 0) is 36.6 Å². The molecule has 5 rings (SSSR count). The zero-order chi connectivity index (χ0) is 21.4. The zero-order valence-electron chi connectivity index (χ0n) is 17.8. The Balaban J connectivity index is 1.26. The van der Waals surface area contributed by atoms with Crippen LogP contribution in [0.2, 0.25) is 0 Å². The lowest BCUT2D eigenvalue weighted by atomic mass is 9.89. The Morgan fingerprint density at radius 3 is 2.55 bits per heavy atom. The number of aryl methyl sites for hydroxylation is 2. The van der Waals surface area contributed by atoms with Crippen molar-refractivity contribution in [1.29, 1.82) is 0 Å². The number of nitrogens with zero attached hydrogens (tertiary/aromatic N) is 4. The van der Waals surface area contributed by atoms with Gasteiger partial charge in [0.05, 0.1) is 5.69 Å². The number of para-hydroxylation sites is 1. The number of aromatic nitrogens is 2. The van der Waals surface area contributed by atoms with Gasteiger partial charge in [-0.1, -0.05) is 36.4 Å². The van der Waals surface area contributed by atoms with E-state index in [1.807, 2.05) is 22.1 Å². The molecule has 0 aliphatic carbocycles. The van der Waals surface area contributed by atoms with Crippen LogP contribution in [-0.2, 0) is 13.0 Å². The molecule has 1 unspecified atom stereocenters. The van der Waals surface area contributed by atoms with Crippen molar-refractivity contribution in [2.45, 2.75) is 32.2 Å². The third-order valence-corrected chi connectivity index (χ3v) is 6.60. The molecule has 0 saturated carbocycles. The lowest BCUT2D eigenvalue weighted by Crippen LogP contribution is -2.49. The Labute approximate surface area is 182 Å². The summed E-state index contributed by atoms with van der Waals surface area (Å²) >= 11 is 0. The monoisotopic (exact) mass is 418 g/mol. The number of hydrogen-bond donors (Lipinski definition) is 0. The van der Waals surface area contributed by atoms with Crippen LogP contribution in [0.5, 0.6) is 0 Å². The van der Waals surface area contributed by atoms with E-state index in [1.54, 1.807) is 12.1 Å². The highest BCUT2D eigenvalue weighted by Gasteiger charge is 2.28. The van der Waals surface area contributed by atoms with Gasteiger partial charge in [0.15, 0.2) is 0 Å². The van der Waals surface area contributed by atoms with Crippen LogP contribution in [0.15, 0.2) is 54.7 Å². The van der Waals surface area contributed by atoms with Gasteiger partial charge in [0.2, 0.25) is 0 Å².